The van der Waals surface area contributed by atoms with E-state index in [9.17, 15) is 9.59 Å². The van der Waals surface area contributed by atoms with Crippen molar-refractivity contribution in [2.75, 3.05) is 7.05 Å². The molecule has 0 spiro atoms. The van der Waals surface area contributed by atoms with Crippen molar-refractivity contribution in [2.45, 2.75) is 6.04 Å². The number of nitrogens with one attached hydrogen (secondary N) is 1. The molecular formula is C14H12N2O2. The number of amides is 3. The summed E-state index contributed by atoms with van der Waals surface area (Å²) in [6.45, 7) is 0. The van der Waals surface area contributed by atoms with Crippen LogP contribution in [0.15, 0.2) is 42.5 Å². The number of carbonyl (C=O) groups excluding carboxylic acids is 2. The van der Waals surface area contributed by atoms with Gasteiger partial charge in [0.05, 0.1) is 0 Å². The number of nitrogens with zero attached hydrogens (tertiary/aromatic N) is 1. The lowest BCUT2D eigenvalue weighted by Crippen LogP contribution is -2.25. The van der Waals surface area contributed by atoms with Crippen LogP contribution in [0.4, 0.5) is 4.79 Å². The van der Waals surface area contributed by atoms with Gasteiger partial charge in [0.15, 0.2) is 0 Å². The van der Waals surface area contributed by atoms with Gasteiger partial charge in [-0.3, -0.25) is 10.1 Å². The highest BCUT2D eigenvalue weighted by Crippen LogP contribution is 2.26. The van der Waals surface area contributed by atoms with Crippen molar-refractivity contribution in [1.29, 1.82) is 0 Å². The SMILES string of the molecule is CN1C(=O)NC(=O)C1c1ccc2ccccc2c1. The van der Waals surface area contributed by atoms with E-state index >= 15 is 0 Å². The summed E-state index contributed by atoms with van der Waals surface area (Å²) in [6.07, 6.45) is 0. The first-order valence-electron chi connectivity index (χ1n) is 5.73. The van der Waals surface area contributed by atoms with Crippen LogP contribution in [0.3, 0.4) is 0 Å². The van der Waals surface area contributed by atoms with Gasteiger partial charge in [-0.15, -0.1) is 0 Å². The molecule has 90 valence electrons. The third kappa shape index (κ3) is 1.54. The Labute approximate surface area is 104 Å². The van der Waals surface area contributed by atoms with Gasteiger partial charge >= 0.3 is 6.03 Å². The predicted molar refractivity (Wildman–Crippen MR) is 68.0 cm³/mol. The second kappa shape index (κ2) is 3.84. The van der Waals surface area contributed by atoms with E-state index in [1.54, 1.807) is 7.05 Å². The molecule has 0 saturated carbocycles. The number of hydrogen-bond acceptors (Lipinski definition) is 2. The second-order valence-electron chi connectivity index (χ2n) is 4.41. The lowest BCUT2D eigenvalue weighted by atomic mass is 10.0. The van der Waals surface area contributed by atoms with Crippen molar-refractivity contribution in [3.05, 3.63) is 48.0 Å². The molecule has 2 aromatic carbocycles. The molecule has 1 atom stereocenters. The topological polar surface area (TPSA) is 49.4 Å². The normalized spacial score (nSPS) is 19.4. The number of hydrogen-bond donors (Lipinski definition) is 1. The fraction of sp³-hybridized carbons (Fsp3) is 0.143. The molecule has 1 aliphatic rings. The molecule has 0 bridgehead atoms. The largest absolute Gasteiger partial charge is 0.324 e. The van der Waals surface area contributed by atoms with Gasteiger partial charge < -0.3 is 4.90 Å². The lowest BCUT2D eigenvalue weighted by molar-refractivity contribution is -0.121. The van der Waals surface area contributed by atoms with Crippen LogP contribution in [0, 0.1) is 0 Å². The summed E-state index contributed by atoms with van der Waals surface area (Å²) < 4.78 is 0. The monoisotopic (exact) mass is 240 g/mol. The zero-order valence-corrected chi connectivity index (χ0v) is 9.88. The molecule has 0 aromatic heterocycles. The average Bonchev–Trinajstić information content (AvgIpc) is 2.63. The molecule has 4 nitrogen and oxygen atoms in total. The Kier molecular flexibility index (Phi) is 2.30. The zero-order valence-electron chi connectivity index (χ0n) is 9.88. The van der Waals surface area contributed by atoms with Gasteiger partial charge in [0.2, 0.25) is 0 Å². The number of benzene rings is 2. The number of likely N-dealkylation sites (N-methyl/N-ethyl adjacent to an activating group) is 1. The molecule has 0 radical (unpaired) electrons. The van der Waals surface area contributed by atoms with Crippen molar-refractivity contribution >= 4 is 22.7 Å². The summed E-state index contributed by atoms with van der Waals surface area (Å²) in [5.74, 6) is -0.266. The number of imide groups is 1. The number of fused-ring (bicyclic) bond motifs is 1. The van der Waals surface area contributed by atoms with E-state index in [-0.39, 0.29) is 11.9 Å². The average molecular weight is 240 g/mol. The first kappa shape index (κ1) is 10.8. The van der Waals surface area contributed by atoms with E-state index in [2.05, 4.69) is 5.32 Å². The van der Waals surface area contributed by atoms with Crippen LogP contribution >= 0.6 is 0 Å². The molecular weight excluding hydrogens is 228 g/mol. The molecule has 1 N–H and O–H groups in total. The van der Waals surface area contributed by atoms with E-state index < -0.39 is 6.04 Å². The molecule has 2 aromatic rings. The maximum absolute atomic E-state index is 11.8. The number of carbonyl (C=O) groups is 2. The Morgan fingerprint density at radius 3 is 2.44 bits per heavy atom. The maximum atomic E-state index is 11.8. The Bertz CT molecular complexity index is 651. The van der Waals surface area contributed by atoms with Gasteiger partial charge in [-0.05, 0) is 22.4 Å². The van der Waals surface area contributed by atoms with Crippen LogP contribution in [0.1, 0.15) is 11.6 Å². The number of urea groups is 1. The predicted octanol–water partition coefficient (Wildman–Crippen LogP) is 2.06. The Balaban J connectivity index is 2.09. The highest BCUT2D eigenvalue weighted by Gasteiger charge is 2.36. The minimum absolute atomic E-state index is 0.266. The van der Waals surface area contributed by atoms with Crippen molar-refractivity contribution in [2.24, 2.45) is 0 Å². The third-order valence-electron chi connectivity index (χ3n) is 3.28. The van der Waals surface area contributed by atoms with E-state index in [1.807, 2.05) is 42.5 Å². The van der Waals surface area contributed by atoms with Crippen LogP contribution in [0.5, 0.6) is 0 Å². The van der Waals surface area contributed by atoms with Crippen molar-refractivity contribution < 1.29 is 9.59 Å². The highest BCUT2D eigenvalue weighted by atomic mass is 16.2. The van der Waals surface area contributed by atoms with E-state index in [1.165, 1.54) is 4.90 Å². The summed E-state index contributed by atoms with van der Waals surface area (Å²) >= 11 is 0. The molecule has 1 saturated heterocycles. The first-order valence-corrected chi connectivity index (χ1v) is 5.73. The summed E-state index contributed by atoms with van der Waals surface area (Å²) in [7, 11) is 1.63. The van der Waals surface area contributed by atoms with E-state index in [0.717, 1.165) is 16.3 Å². The highest BCUT2D eigenvalue weighted by molar-refractivity contribution is 6.04. The van der Waals surface area contributed by atoms with Crippen LogP contribution in [0.25, 0.3) is 10.8 Å². The van der Waals surface area contributed by atoms with Crippen molar-refractivity contribution in [3.8, 4) is 0 Å². The van der Waals surface area contributed by atoms with Crippen molar-refractivity contribution in [1.82, 2.24) is 10.2 Å². The van der Waals surface area contributed by atoms with E-state index in [4.69, 9.17) is 0 Å². The van der Waals surface area contributed by atoms with Gasteiger partial charge in [0.25, 0.3) is 5.91 Å². The maximum Gasteiger partial charge on any atom is 0.324 e. The van der Waals surface area contributed by atoms with Crippen LogP contribution in [-0.2, 0) is 4.79 Å². The first-order chi connectivity index (χ1) is 8.66. The molecule has 3 rings (SSSR count). The fourth-order valence-corrected chi connectivity index (χ4v) is 2.31. The molecule has 1 unspecified atom stereocenters. The van der Waals surface area contributed by atoms with Gasteiger partial charge in [-0.1, -0.05) is 36.4 Å². The number of rotatable bonds is 1. The quantitative estimate of drug-likeness (QED) is 0.776. The lowest BCUT2D eigenvalue weighted by Gasteiger charge is -2.16. The van der Waals surface area contributed by atoms with Gasteiger partial charge in [-0.2, -0.15) is 0 Å². The molecule has 4 heteroatoms. The summed E-state index contributed by atoms with van der Waals surface area (Å²) in [5, 5.41) is 4.50. The van der Waals surface area contributed by atoms with Crippen molar-refractivity contribution in [3.63, 3.8) is 0 Å². The van der Waals surface area contributed by atoms with Gasteiger partial charge in [0.1, 0.15) is 6.04 Å². The van der Waals surface area contributed by atoms with Crippen LogP contribution < -0.4 is 5.32 Å². The van der Waals surface area contributed by atoms with E-state index in [0.29, 0.717) is 0 Å². The van der Waals surface area contributed by atoms with Gasteiger partial charge in [-0.25, -0.2) is 4.79 Å². The summed E-state index contributed by atoms with van der Waals surface area (Å²) in [4.78, 5) is 24.6. The standard InChI is InChI=1S/C14H12N2O2/c1-16-12(13(17)15-14(16)18)11-7-6-9-4-2-3-5-10(9)8-11/h2-8,12H,1H3,(H,15,17,18). The molecule has 1 fully saturated rings. The summed E-state index contributed by atoms with van der Waals surface area (Å²) in [6, 6.07) is 12.9. The van der Waals surface area contributed by atoms with Gasteiger partial charge in [0, 0.05) is 7.05 Å². The third-order valence-corrected chi connectivity index (χ3v) is 3.28. The zero-order chi connectivity index (χ0) is 12.7. The molecule has 1 aliphatic heterocycles. The summed E-state index contributed by atoms with van der Waals surface area (Å²) in [5.41, 5.74) is 0.833. The Morgan fingerprint density at radius 1 is 1.06 bits per heavy atom. The Hall–Kier alpha value is -2.36. The van der Waals surface area contributed by atoms with Crippen LogP contribution in [-0.4, -0.2) is 23.9 Å². The molecule has 18 heavy (non-hydrogen) atoms. The molecule has 1 heterocycles. The fourth-order valence-electron chi connectivity index (χ4n) is 2.31. The molecule has 0 aliphatic carbocycles. The molecule has 3 amide bonds. The van der Waals surface area contributed by atoms with Crippen LogP contribution in [0.2, 0.25) is 0 Å². The second-order valence-corrected chi connectivity index (χ2v) is 4.41. The Morgan fingerprint density at radius 2 is 1.78 bits per heavy atom. The minimum atomic E-state index is -0.526. The smallest absolute Gasteiger partial charge is 0.311 e. The minimum Gasteiger partial charge on any atom is -0.311 e.